The number of hydrogen-bond acceptors (Lipinski definition) is 3. The molecule has 2 unspecified atom stereocenters. The average molecular weight is 130 g/mol. The second-order valence-corrected chi connectivity index (χ2v) is 2.14. The van der Waals surface area contributed by atoms with Crippen molar-refractivity contribution in [2.24, 2.45) is 0 Å². The number of ketones is 1. The highest BCUT2D eigenvalue weighted by Crippen LogP contribution is 2.10. The average Bonchev–Trinajstić information content (AvgIpc) is 2.14. The Morgan fingerprint density at radius 2 is 2.33 bits per heavy atom. The maximum absolute atomic E-state index is 10.6. The van der Waals surface area contributed by atoms with Crippen molar-refractivity contribution in [2.75, 3.05) is 6.61 Å². The van der Waals surface area contributed by atoms with Crippen LogP contribution in [0.25, 0.3) is 0 Å². The van der Waals surface area contributed by atoms with Crippen molar-refractivity contribution in [1.82, 2.24) is 0 Å². The lowest BCUT2D eigenvalue weighted by Gasteiger charge is -2.01. The molecule has 0 radical (unpaired) electrons. The molecule has 0 N–H and O–H groups in total. The van der Waals surface area contributed by atoms with Crippen molar-refractivity contribution in [3.63, 3.8) is 0 Å². The van der Waals surface area contributed by atoms with Crippen LogP contribution < -0.4 is 0 Å². The number of carbonyl (C=O) groups is 1. The number of hydrogen-bond donors (Lipinski definition) is 0. The highest BCUT2D eigenvalue weighted by atomic mass is 16.7. The van der Waals surface area contributed by atoms with Crippen LogP contribution in [0.3, 0.4) is 0 Å². The molecule has 1 aliphatic heterocycles. The molecule has 0 aromatic carbocycles. The normalized spacial score (nSPS) is 34.9. The molecule has 9 heavy (non-hydrogen) atoms. The minimum absolute atomic E-state index is 0.0411. The van der Waals surface area contributed by atoms with Gasteiger partial charge in [0.15, 0.2) is 12.1 Å². The number of Topliss-reactive ketones (excluding diaryl/α,β-unsaturated/α-hetero) is 1. The maximum Gasteiger partial charge on any atom is 0.161 e. The van der Waals surface area contributed by atoms with E-state index in [1.54, 1.807) is 6.92 Å². The molecule has 1 heterocycles. The van der Waals surface area contributed by atoms with Crippen LogP contribution in [0.2, 0.25) is 0 Å². The van der Waals surface area contributed by atoms with Gasteiger partial charge in [-0.3, -0.25) is 4.79 Å². The highest BCUT2D eigenvalue weighted by molar-refractivity contribution is 5.80. The van der Waals surface area contributed by atoms with E-state index in [1.165, 1.54) is 6.92 Å². The molecule has 52 valence electrons. The van der Waals surface area contributed by atoms with Crippen LogP contribution in [0.1, 0.15) is 13.8 Å². The van der Waals surface area contributed by atoms with Gasteiger partial charge in [0, 0.05) is 0 Å². The van der Waals surface area contributed by atoms with Gasteiger partial charge in [-0.1, -0.05) is 0 Å². The fraction of sp³-hybridized carbons (Fsp3) is 0.833. The van der Waals surface area contributed by atoms with Gasteiger partial charge >= 0.3 is 0 Å². The van der Waals surface area contributed by atoms with E-state index in [9.17, 15) is 4.79 Å². The first kappa shape index (κ1) is 6.71. The summed E-state index contributed by atoms with van der Waals surface area (Å²) in [6.07, 6.45) is -0.529. The first-order valence-corrected chi connectivity index (χ1v) is 2.97. The smallest absolute Gasteiger partial charge is 0.161 e. The van der Waals surface area contributed by atoms with E-state index in [4.69, 9.17) is 9.47 Å². The molecule has 0 aromatic heterocycles. The van der Waals surface area contributed by atoms with Gasteiger partial charge in [0.2, 0.25) is 0 Å². The van der Waals surface area contributed by atoms with E-state index in [-0.39, 0.29) is 18.2 Å². The third kappa shape index (κ3) is 1.50. The van der Waals surface area contributed by atoms with E-state index in [0.29, 0.717) is 6.61 Å². The Labute approximate surface area is 53.9 Å². The Balaban J connectivity index is 2.39. The second-order valence-electron chi connectivity index (χ2n) is 2.14. The molecule has 1 fully saturated rings. The molecule has 1 saturated heterocycles. The van der Waals surface area contributed by atoms with Gasteiger partial charge in [0.05, 0.1) is 6.61 Å². The summed E-state index contributed by atoms with van der Waals surface area (Å²) in [4.78, 5) is 10.6. The maximum atomic E-state index is 10.6. The quantitative estimate of drug-likeness (QED) is 0.513. The summed E-state index contributed by atoms with van der Waals surface area (Å²) in [6.45, 7) is 3.70. The molecule has 1 aliphatic rings. The van der Waals surface area contributed by atoms with Crippen molar-refractivity contribution in [1.29, 1.82) is 0 Å². The topological polar surface area (TPSA) is 35.5 Å². The Bertz CT molecular complexity index is 121. The monoisotopic (exact) mass is 130 g/mol. The lowest BCUT2D eigenvalue weighted by atomic mass is 10.3. The zero-order chi connectivity index (χ0) is 6.85. The predicted molar refractivity (Wildman–Crippen MR) is 31.0 cm³/mol. The first-order chi connectivity index (χ1) is 4.20. The SMILES string of the molecule is CC(=O)C1COC(C)O1. The van der Waals surface area contributed by atoms with Crippen LogP contribution in [0, 0.1) is 0 Å². The molecule has 0 spiro atoms. The van der Waals surface area contributed by atoms with Crippen LogP contribution in [-0.4, -0.2) is 24.8 Å². The summed E-state index contributed by atoms with van der Waals surface area (Å²) in [6, 6.07) is 0. The Morgan fingerprint density at radius 1 is 1.67 bits per heavy atom. The van der Waals surface area contributed by atoms with Gasteiger partial charge in [-0.05, 0) is 13.8 Å². The zero-order valence-electron chi connectivity index (χ0n) is 5.59. The molecule has 3 heteroatoms. The van der Waals surface area contributed by atoms with E-state index in [1.807, 2.05) is 0 Å². The van der Waals surface area contributed by atoms with Crippen LogP contribution >= 0.6 is 0 Å². The zero-order valence-corrected chi connectivity index (χ0v) is 5.59. The summed E-state index contributed by atoms with van der Waals surface area (Å²) in [5.41, 5.74) is 0. The third-order valence-corrected chi connectivity index (χ3v) is 1.29. The lowest BCUT2D eigenvalue weighted by molar-refractivity contribution is -0.128. The minimum atomic E-state index is -0.319. The summed E-state index contributed by atoms with van der Waals surface area (Å²) in [5, 5.41) is 0. The van der Waals surface area contributed by atoms with Crippen LogP contribution in [0.15, 0.2) is 0 Å². The summed E-state index contributed by atoms with van der Waals surface area (Å²) in [5.74, 6) is 0.0411. The number of carbonyl (C=O) groups excluding carboxylic acids is 1. The van der Waals surface area contributed by atoms with E-state index < -0.39 is 0 Å². The third-order valence-electron chi connectivity index (χ3n) is 1.29. The van der Waals surface area contributed by atoms with Crippen LogP contribution in [0.5, 0.6) is 0 Å². The molecule has 0 saturated carbocycles. The van der Waals surface area contributed by atoms with Crippen molar-refractivity contribution in [3.8, 4) is 0 Å². The lowest BCUT2D eigenvalue weighted by Crippen LogP contribution is -2.19. The standard InChI is InChI=1S/C6H10O3/c1-4(7)6-3-8-5(2)9-6/h5-6H,3H2,1-2H3. The van der Waals surface area contributed by atoms with Gasteiger partial charge in [0.1, 0.15) is 6.10 Å². The molecule has 0 amide bonds. The van der Waals surface area contributed by atoms with E-state index in [0.717, 1.165) is 0 Å². The van der Waals surface area contributed by atoms with Crippen LogP contribution in [0.4, 0.5) is 0 Å². The number of rotatable bonds is 1. The number of ether oxygens (including phenoxy) is 2. The molecule has 3 nitrogen and oxygen atoms in total. The van der Waals surface area contributed by atoms with Gasteiger partial charge in [-0.15, -0.1) is 0 Å². The van der Waals surface area contributed by atoms with Gasteiger partial charge < -0.3 is 9.47 Å². The highest BCUT2D eigenvalue weighted by Gasteiger charge is 2.25. The van der Waals surface area contributed by atoms with Crippen molar-refractivity contribution >= 4 is 5.78 Å². The molecular weight excluding hydrogens is 120 g/mol. The van der Waals surface area contributed by atoms with E-state index in [2.05, 4.69) is 0 Å². The fourth-order valence-corrected chi connectivity index (χ4v) is 0.746. The molecule has 1 rings (SSSR count). The van der Waals surface area contributed by atoms with Gasteiger partial charge in [-0.25, -0.2) is 0 Å². The molecule has 0 aromatic rings. The minimum Gasteiger partial charge on any atom is -0.350 e. The Kier molecular flexibility index (Phi) is 1.83. The summed E-state index contributed by atoms with van der Waals surface area (Å²) < 4.78 is 10.0. The molecular formula is C6H10O3. The predicted octanol–water partition coefficient (Wildman–Crippen LogP) is 0.337. The Hall–Kier alpha value is -0.410. The molecule has 0 bridgehead atoms. The van der Waals surface area contributed by atoms with Crippen molar-refractivity contribution < 1.29 is 14.3 Å². The van der Waals surface area contributed by atoms with Crippen molar-refractivity contribution in [3.05, 3.63) is 0 Å². The molecule has 0 aliphatic carbocycles. The summed E-state index contributed by atoms with van der Waals surface area (Å²) >= 11 is 0. The van der Waals surface area contributed by atoms with Crippen LogP contribution in [-0.2, 0) is 14.3 Å². The first-order valence-electron chi connectivity index (χ1n) is 2.97. The largest absolute Gasteiger partial charge is 0.350 e. The van der Waals surface area contributed by atoms with Gasteiger partial charge in [0.25, 0.3) is 0 Å². The fourth-order valence-electron chi connectivity index (χ4n) is 0.746. The summed E-state index contributed by atoms with van der Waals surface area (Å²) in [7, 11) is 0. The van der Waals surface area contributed by atoms with Gasteiger partial charge in [-0.2, -0.15) is 0 Å². The molecule has 2 atom stereocenters. The van der Waals surface area contributed by atoms with E-state index >= 15 is 0 Å². The van der Waals surface area contributed by atoms with Crippen molar-refractivity contribution in [2.45, 2.75) is 26.2 Å². The Morgan fingerprint density at radius 3 is 2.56 bits per heavy atom. The second kappa shape index (κ2) is 2.45.